The van der Waals surface area contributed by atoms with E-state index in [0.29, 0.717) is 25.7 Å². The molecule has 0 aromatic heterocycles. The maximum atomic E-state index is 11.3. The number of rotatable bonds is 10. The summed E-state index contributed by atoms with van der Waals surface area (Å²) in [7, 11) is -3.67. The fourth-order valence-corrected chi connectivity index (χ4v) is 3.18. The first-order valence-electron chi connectivity index (χ1n) is 9.32. The molecule has 0 amide bonds. The van der Waals surface area contributed by atoms with Gasteiger partial charge >= 0.3 is 0 Å². The smallest absolute Gasteiger partial charge is 0.238 e. The number of ether oxygens (including phenoxy) is 2. The van der Waals surface area contributed by atoms with Crippen molar-refractivity contribution in [3.05, 3.63) is 29.8 Å². The van der Waals surface area contributed by atoms with Crippen LogP contribution >= 0.6 is 24.0 Å². The van der Waals surface area contributed by atoms with E-state index in [1.807, 2.05) is 6.92 Å². The van der Waals surface area contributed by atoms with Gasteiger partial charge in [-0.2, -0.15) is 0 Å². The first-order chi connectivity index (χ1) is 13.0. The molecule has 1 aliphatic heterocycles. The molecule has 1 atom stereocenters. The molecule has 8 nitrogen and oxygen atoms in total. The van der Waals surface area contributed by atoms with Crippen LogP contribution in [0.4, 0.5) is 0 Å². The number of primary sulfonamides is 1. The quantitative estimate of drug-likeness (QED) is 0.185. The van der Waals surface area contributed by atoms with Gasteiger partial charge in [0.1, 0.15) is 0 Å². The highest BCUT2D eigenvalue weighted by molar-refractivity contribution is 14.0. The SMILES string of the molecule is CCNC(=NCc1ccc(S(N)(=O)=O)cc1)NCCCOCC1CCCO1.I. The molecule has 0 radical (unpaired) electrons. The Morgan fingerprint density at radius 1 is 1.32 bits per heavy atom. The summed E-state index contributed by atoms with van der Waals surface area (Å²) in [5, 5.41) is 11.6. The lowest BCUT2D eigenvalue weighted by molar-refractivity contribution is 0.0168. The van der Waals surface area contributed by atoms with Crippen molar-refractivity contribution in [2.75, 3.05) is 32.9 Å². The standard InChI is InChI=1S/C18H30N4O4S.HI/c1-2-20-18(21-10-4-11-25-14-16-5-3-12-26-16)22-13-15-6-8-17(9-7-15)27(19,23)24;/h6-9,16H,2-5,10-14H2,1H3,(H2,19,23,24)(H2,20,21,22);1H. The van der Waals surface area contributed by atoms with Crippen molar-refractivity contribution in [1.82, 2.24) is 10.6 Å². The number of halogens is 1. The number of guanidine groups is 1. The zero-order valence-electron chi connectivity index (χ0n) is 16.2. The Labute approximate surface area is 184 Å². The molecule has 0 saturated carbocycles. The van der Waals surface area contributed by atoms with Gasteiger partial charge in [0.2, 0.25) is 10.0 Å². The molecule has 2 rings (SSSR count). The molecule has 0 bridgehead atoms. The maximum absolute atomic E-state index is 11.3. The number of nitrogens with zero attached hydrogens (tertiary/aromatic N) is 1. The number of hydrogen-bond donors (Lipinski definition) is 3. The first-order valence-corrected chi connectivity index (χ1v) is 10.9. The molecule has 28 heavy (non-hydrogen) atoms. The molecular formula is C18H31IN4O4S. The van der Waals surface area contributed by atoms with Crippen LogP contribution in [0.1, 0.15) is 31.7 Å². The predicted octanol–water partition coefficient (Wildman–Crippen LogP) is 1.59. The lowest BCUT2D eigenvalue weighted by Gasteiger charge is -2.12. The molecule has 4 N–H and O–H groups in total. The van der Waals surface area contributed by atoms with Gasteiger partial charge in [0, 0.05) is 26.3 Å². The van der Waals surface area contributed by atoms with Crippen molar-refractivity contribution in [2.45, 2.75) is 43.7 Å². The zero-order valence-corrected chi connectivity index (χ0v) is 19.4. The zero-order chi connectivity index (χ0) is 19.5. The minimum Gasteiger partial charge on any atom is -0.379 e. The Hall–Kier alpha value is -0.950. The van der Waals surface area contributed by atoms with E-state index in [4.69, 9.17) is 14.6 Å². The van der Waals surface area contributed by atoms with Crippen LogP contribution in [0.3, 0.4) is 0 Å². The van der Waals surface area contributed by atoms with Gasteiger partial charge in [-0.15, -0.1) is 24.0 Å². The van der Waals surface area contributed by atoms with E-state index in [1.54, 1.807) is 12.1 Å². The summed E-state index contributed by atoms with van der Waals surface area (Å²) in [4.78, 5) is 4.61. The molecule has 1 saturated heterocycles. The molecule has 10 heteroatoms. The summed E-state index contributed by atoms with van der Waals surface area (Å²) in [6.07, 6.45) is 3.36. The molecule has 1 aliphatic rings. The Morgan fingerprint density at radius 2 is 2.07 bits per heavy atom. The second-order valence-electron chi connectivity index (χ2n) is 6.37. The summed E-state index contributed by atoms with van der Waals surface area (Å²) >= 11 is 0. The summed E-state index contributed by atoms with van der Waals surface area (Å²) < 4.78 is 33.7. The number of nitrogens with two attached hydrogens (primary N) is 1. The molecule has 1 fully saturated rings. The predicted molar refractivity (Wildman–Crippen MR) is 120 cm³/mol. The van der Waals surface area contributed by atoms with Crippen LogP contribution in [0.5, 0.6) is 0 Å². The molecule has 0 spiro atoms. The molecular weight excluding hydrogens is 495 g/mol. The number of benzene rings is 1. The number of sulfonamides is 1. The van der Waals surface area contributed by atoms with Crippen LogP contribution in [0.2, 0.25) is 0 Å². The third-order valence-electron chi connectivity index (χ3n) is 4.10. The van der Waals surface area contributed by atoms with E-state index in [0.717, 1.165) is 44.5 Å². The van der Waals surface area contributed by atoms with Crippen LogP contribution in [-0.2, 0) is 26.0 Å². The highest BCUT2D eigenvalue weighted by Gasteiger charge is 2.14. The van der Waals surface area contributed by atoms with Crippen LogP contribution < -0.4 is 15.8 Å². The monoisotopic (exact) mass is 526 g/mol. The Morgan fingerprint density at radius 3 is 2.68 bits per heavy atom. The fraction of sp³-hybridized carbons (Fsp3) is 0.611. The third kappa shape index (κ3) is 9.50. The van der Waals surface area contributed by atoms with Crippen molar-refractivity contribution in [3.63, 3.8) is 0 Å². The van der Waals surface area contributed by atoms with Crippen LogP contribution in [0.25, 0.3) is 0 Å². The minimum absolute atomic E-state index is 0. The molecule has 160 valence electrons. The Kier molecular flexibility index (Phi) is 11.9. The van der Waals surface area contributed by atoms with Crippen molar-refractivity contribution in [3.8, 4) is 0 Å². The third-order valence-corrected chi connectivity index (χ3v) is 5.03. The molecule has 1 heterocycles. The van der Waals surface area contributed by atoms with Gasteiger partial charge in [0.15, 0.2) is 5.96 Å². The second kappa shape index (κ2) is 13.3. The van der Waals surface area contributed by atoms with E-state index in [9.17, 15) is 8.42 Å². The molecule has 1 aromatic rings. The van der Waals surface area contributed by atoms with E-state index in [2.05, 4.69) is 15.6 Å². The van der Waals surface area contributed by atoms with E-state index >= 15 is 0 Å². The summed E-state index contributed by atoms with van der Waals surface area (Å²) in [5.74, 6) is 0.715. The molecule has 0 aliphatic carbocycles. The highest BCUT2D eigenvalue weighted by Crippen LogP contribution is 2.12. The van der Waals surface area contributed by atoms with E-state index in [1.165, 1.54) is 12.1 Å². The van der Waals surface area contributed by atoms with Gasteiger partial charge in [0.25, 0.3) is 0 Å². The van der Waals surface area contributed by atoms with Crippen molar-refractivity contribution in [1.29, 1.82) is 0 Å². The van der Waals surface area contributed by atoms with Gasteiger partial charge < -0.3 is 20.1 Å². The molecule has 1 aromatic carbocycles. The van der Waals surface area contributed by atoms with Crippen LogP contribution in [-0.4, -0.2) is 53.4 Å². The van der Waals surface area contributed by atoms with Gasteiger partial charge in [-0.3, -0.25) is 0 Å². The topological polar surface area (TPSA) is 115 Å². The van der Waals surface area contributed by atoms with Crippen molar-refractivity contribution < 1.29 is 17.9 Å². The van der Waals surface area contributed by atoms with Gasteiger partial charge in [-0.05, 0) is 43.9 Å². The average molecular weight is 526 g/mol. The maximum Gasteiger partial charge on any atom is 0.238 e. The van der Waals surface area contributed by atoms with E-state index in [-0.39, 0.29) is 35.0 Å². The van der Waals surface area contributed by atoms with Crippen molar-refractivity contribution in [2.24, 2.45) is 10.1 Å². The lowest BCUT2D eigenvalue weighted by Crippen LogP contribution is -2.38. The van der Waals surface area contributed by atoms with E-state index < -0.39 is 10.0 Å². The second-order valence-corrected chi connectivity index (χ2v) is 7.94. The molecule has 1 unspecified atom stereocenters. The average Bonchev–Trinajstić information content (AvgIpc) is 3.15. The summed E-state index contributed by atoms with van der Waals surface area (Å²) in [5.41, 5.74) is 0.902. The van der Waals surface area contributed by atoms with Gasteiger partial charge in [-0.25, -0.2) is 18.5 Å². The normalized spacial score (nSPS) is 17.2. The van der Waals surface area contributed by atoms with Crippen LogP contribution in [0.15, 0.2) is 34.2 Å². The first kappa shape index (κ1) is 25.1. The van der Waals surface area contributed by atoms with Crippen LogP contribution in [0, 0.1) is 0 Å². The van der Waals surface area contributed by atoms with Crippen molar-refractivity contribution >= 4 is 40.0 Å². The Bertz CT molecular complexity index is 692. The number of hydrogen-bond acceptors (Lipinski definition) is 5. The number of nitrogens with one attached hydrogen (secondary N) is 2. The van der Waals surface area contributed by atoms with Gasteiger partial charge in [-0.1, -0.05) is 12.1 Å². The minimum atomic E-state index is -3.67. The summed E-state index contributed by atoms with van der Waals surface area (Å²) in [6, 6.07) is 6.41. The number of aliphatic imine (C=N–C) groups is 1. The fourth-order valence-electron chi connectivity index (χ4n) is 2.67. The highest BCUT2D eigenvalue weighted by atomic mass is 127. The van der Waals surface area contributed by atoms with Gasteiger partial charge in [0.05, 0.1) is 24.2 Å². The lowest BCUT2D eigenvalue weighted by atomic mass is 10.2. The Balaban J connectivity index is 0.00000392. The largest absolute Gasteiger partial charge is 0.379 e. The summed E-state index contributed by atoms with van der Waals surface area (Å²) in [6.45, 7) is 6.15.